The van der Waals surface area contributed by atoms with Crippen LogP contribution in [0.5, 0.6) is 0 Å². The van der Waals surface area contributed by atoms with Crippen LogP contribution >= 0.6 is 0 Å². The van der Waals surface area contributed by atoms with Crippen LogP contribution in [-0.4, -0.2) is 25.7 Å². The first-order valence-corrected chi connectivity index (χ1v) is 7.07. The summed E-state index contributed by atoms with van der Waals surface area (Å²) in [5.74, 6) is 0.517. The van der Waals surface area contributed by atoms with Crippen molar-refractivity contribution in [3.63, 3.8) is 0 Å². The number of nitrogens with one attached hydrogen (secondary N) is 1. The van der Waals surface area contributed by atoms with Crippen molar-refractivity contribution >= 4 is 5.69 Å². The lowest BCUT2D eigenvalue weighted by Gasteiger charge is -2.38. The monoisotopic (exact) mass is 286 g/mol. The van der Waals surface area contributed by atoms with Crippen LogP contribution < -0.4 is 10.2 Å². The van der Waals surface area contributed by atoms with Gasteiger partial charge in [-0.1, -0.05) is 26.3 Å². The highest BCUT2D eigenvalue weighted by Gasteiger charge is 2.31. The molecule has 112 valence electrons. The third-order valence-electron chi connectivity index (χ3n) is 4.07. The minimum atomic E-state index is -4.28. The lowest BCUT2D eigenvalue weighted by Crippen LogP contribution is -2.53. The van der Waals surface area contributed by atoms with Gasteiger partial charge >= 0.3 is 6.18 Å². The molecule has 1 aromatic carbocycles. The second-order valence-electron chi connectivity index (χ2n) is 5.44. The van der Waals surface area contributed by atoms with Gasteiger partial charge < -0.3 is 10.2 Å². The van der Waals surface area contributed by atoms with Crippen molar-refractivity contribution in [3.05, 3.63) is 29.8 Å². The van der Waals surface area contributed by atoms with Gasteiger partial charge in [0, 0.05) is 31.4 Å². The number of anilines is 1. The Balaban J connectivity index is 2.15. The van der Waals surface area contributed by atoms with E-state index >= 15 is 0 Å². The third-order valence-corrected chi connectivity index (χ3v) is 4.07. The van der Waals surface area contributed by atoms with E-state index in [1.807, 2.05) is 4.90 Å². The maximum absolute atomic E-state index is 12.8. The summed E-state index contributed by atoms with van der Waals surface area (Å²) in [6.07, 6.45) is -3.21. The van der Waals surface area contributed by atoms with Crippen LogP contribution in [0.25, 0.3) is 0 Å². The largest absolute Gasteiger partial charge is 0.416 e. The van der Waals surface area contributed by atoms with Gasteiger partial charge in [0.1, 0.15) is 0 Å². The summed E-state index contributed by atoms with van der Waals surface area (Å²) in [5, 5.41) is 3.45. The number of hydrogen-bond acceptors (Lipinski definition) is 2. The second-order valence-corrected chi connectivity index (χ2v) is 5.44. The normalized spacial score (nSPS) is 21.9. The van der Waals surface area contributed by atoms with Crippen molar-refractivity contribution in [2.75, 3.05) is 24.5 Å². The van der Waals surface area contributed by atoms with Crippen LogP contribution in [0.3, 0.4) is 0 Å². The highest BCUT2D eigenvalue weighted by molar-refractivity contribution is 5.50. The summed E-state index contributed by atoms with van der Waals surface area (Å²) in [6.45, 7) is 6.62. The Morgan fingerprint density at radius 1 is 1.40 bits per heavy atom. The maximum Gasteiger partial charge on any atom is 0.416 e. The van der Waals surface area contributed by atoms with Gasteiger partial charge in [-0.05, 0) is 24.1 Å². The van der Waals surface area contributed by atoms with Crippen LogP contribution in [0.2, 0.25) is 0 Å². The molecule has 20 heavy (non-hydrogen) atoms. The molecular weight excluding hydrogens is 265 g/mol. The van der Waals surface area contributed by atoms with Crippen LogP contribution in [0.4, 0.5) is 18.9 Å². The zero-order valence-electron chi connectivity index (χ0n) is 11.9. The highest BCUT2D eigenvalue weighted by atomic mass is 19.4. The van der Waals surface area contributed by atoms with Crippen LogP contribution in [-0.2, 0) is 6.18 Å². The Morgan fingerprint density at radius 3 is 2.80 bits per heavy atom. The van der Waals surface area contributed by atoms with Gasteiger partial charge in [-0.3, -0.25) is 0 Å². The molecule has 0 aliphatic carbocycles. The molecule has 1 aliphatic rings. The fourth-order valence-corrected chi connectivity index (χ4v) is 2.56. The molecule has 2 atom stereocenters. The molecule has 2 unspecified atom stereocenters. The Kier molecular flexibility index (Phi) is 4.58. The SMILES string of the molecule is CCC(C)C1CN(c2cccc(C(F)(F)F)c2)CCN1. The lowest BCUT2D eigenvalue weighted by atomic mass is 9.97. The van der Waals surface area contributed by atoms with Crippen LogP contribution in [0.15, 0.2) is 24.3 Å². The summed E-state index contributed by atoms with van der Waals surface area (Å²) in [7, 11) is 0. The van der Waals surface area contributed by atoms with Gasteiger partial charge in [0.2, 0.25) is 0 Å². The van der Waals surface area contributed by atoms with Gasteiger partial charge in [-0.25, -0.2) is 0 Å². The quantitative estimate of drug-likeness (QED) is 0.914. The van der Waals surface area contributed by atoms with Gasteiger partial charge in [0.25, 0.3) is 0 Å². The number of piperazine rings is 1. The molecule has 0 amide bonds. The van der Waals surface area contributed by atoms with Crippen molar-refractivity contribution in [3.8, 4) is 0 Å². The smallest absolute Gasteiger partial charge is 0.369 e. The molecular formula is C15H21F3N2. The van der Waals surface area contributed by atoms with Gasteiger partial charge in [-0.15, -0.1) is 0 Å². The Bertz CT molecular complexity index is 445. The molecule has 0 aromatic heterocycles. The Hall–Kier alpha value is -1.23. The maximum atomic E-state index is 12.8. The fourth-order valence-electron chi connectivity index (χ4n) is 2.56. The van der Waals surface area contributed by atoms with Crippen molar-refractivity contribution < 1.29 is 13.2 Å². The van der Waals surface area contributed by atoms with E-state index in [-0.39, 0.29) is 0 Å². The van der Waals surface area contributed by atoms with Gasteiger partial charge in [0.15, 0.2) is 0 Å². The van der Waals surface area contributed by atoms with E-state index in [4.69, 9.17) is 0 Å². The average molecular weight is 286 g/mol. The number of nitrogens with zero attached hydrogens (tertiary/aromatic N) is 1. The zero-order chi connectivity index (χ0) is 14.8. The number of halogens is 3. The summed E-state index contributed by atoms with van der Waals surface area (Å²) in [4.78, 5) is 2.04. The Morgan fingerprint density at radius 2 is 2.15 bits per heavy atom. The molecule has 0 saturated carbocycles. The summed E-state index contributed by atoms with van der Waals surface area (Å²) in [6, 6.07) is 5.95. The van der Waals surface area contributed by atoms with Crippen LogP contribution in [0, 0.1) is 5.92 Å². The summed E-state index contributed by atoms with van der Waals surface area (Å²) in [5.41, 5.74) is 0.0863. The first kappa shape index (κ1) is 15.2. The summed E-state index contributed by atoms with van der Waals surface area (Å²) >= 11 is 0. The molecule has 0 radical (unpaired) electrons. The summed E-state index contributed by atoms with van der Waals surface area (Å²) < 4.78 is 38.3. The van der Waals surface area contributed by atoms with E-state index in [0.717, 1.165) is 32.1 Å². The van der Waals surface area contributed by atoms with Crippen molar-refractivity contribution in [1.82, 2.24) is 5.32 Å². The average Bonchev–Trinajstić information content (AvgIpc) is 2.46. The van der Waals surface area contributed by atoms with Crippen molar-refractivity contribution in [2.24, 2.45) is 5.92 Å². The number of benzene rings is 1. The number of alkyl halides is 3. The Labute approximate surface area is 118 Å². The molecule has 1 fully saturated rings. The highest BCUT2D eigenvalue weighted by Crippen LogP contribution is 2.32. The molecule has 2 nitrogen and oxygen atoms in total. The molecule has 1 heterocycles. The van der Waals surface area contributed by atoms with Gasteiger partial charge in [-0.2, -0.15) is 13.2 Å². The number of hydrogen-bond donors (Lipinski definition) is 1. The molecule has 1 N–H and O–H groups in total. The molecule has 5 heteroatoms. The topological polar surface area (TPSA) is 15.3 Å². The fraction of sp³-hybridized carbons (Fsp3) is 0.600. The third kappa shape index (κ3) is 3.45. The first-order chi connectivity index (χ1) is 9.41. The molecule has 1 aromatic rings. The van der Waals surface area contributed by atoms with E-state index in [0.29, 0.717) is 17.6 Å². The molecule has 1 saturated heterocycles. The number of rotatable bonds is 3. The first-order valence-electron chi connectivity index (χ1n) is 7.07. The van der Waals surface area contributed by atoms with E-state index in [1.54, 1.807) is 6.07 Å². The zero-order valence-corrected chi connectivity index (χ0v) is 11.9. The molecule has 0 bridgehead atoms. The van der Waals surface area contributed by atoms with E-state index in [2.05, 4.69) is 19.2 Å². The molecule has 1 aliphatic heterocycles. The predicted octanol–water partition coefficient (Wildman–Crippen LogP) is 3.53. The minimum Gasteiger partial charge on any atom is -0.369 e. The van der Waals surface area contributed by atoms with Crippen LogP contribution in [0.1, 0.15) is 25.8 Å². The van der Waals surface area contributed by atoms with E-state index < -0.39 is 11.7 Å². The minimum absolute atomic E-state index is 0.336. The van der Waals surface area contributed by atoms with Crippen molar-refractivity contribution in [2.45, 2.75) is 32.5 Å². The van der Waals surface area contributed by atoms with E-state index in [1.165, 1.54) is 12.1 Å². The standard InChI is InChI=1S/C15H21F3N2/c1-3-11(2)14-10-20(8-7-19-14)13-6-4-5-12(9-13)15(16,17)18/h4-6,9,11,14,19H,3,7-8,10H2,1-2H3. The second kappa shape index (κ2) is 6.04. The van der Waals surface area contributed by atoms with Gasteiger partial charge in [0.05, 0.1) is 5.56 Å². The van der Waals surface area contributed by atoms with E-state index in [9.17, 15) is 13.2 Å². The predicted molar refractivity (Wildman–Crippen MR) is 74.9 cm³/mol. The molecule has 2 rings (SSSR count). The lowest BCUT2D eigenvalue weighted by molar-refractivity contribution is -0.137. The molecule has 0 spiro atoms. The van der Waals surface area contributed by atoms with Crippen molar-refractivity contribution in [1.29, 1.82) is 0 Å².